The molecule has 2 rings (SSSR count). The van der Waals surface area contributed by atoms with Crippen LogP contribution in [0.5, 0.6) is 0 Å². The molecule has 2 aromatic rings. The van der Waals surface area contributed by atoms with Crippen LogP contribution in [0, 0.1) is 0 Å². The summed E-state index contributed by atoms with van der Waals surface area (Å²) in [4.78, 5) is 26.3. The summed E-state index contributed by atoms with van der Waals surface area (Å²) in [6.07, 6.45) is 0.891. The number of thiazole rings is 1. The lowest BCUT2D eigenvalue weighted by molar-refractivity contribution is -0.121. The molecule has 7 heteroatoms. The van der Waals surface area contributed by atoms with Gasteiger partial charge < -0.3 is 16.2 Å². The Bertz CT molecular complexity index is 654. The number of aromatic carboxylic acids is 1. The molecule has 6 nitrogen and oxygen atoms in total. The molecule has 21 heavy (non-hydrogen) atoms. The highest BCUT2D eigenvalue weighted by atomic mass is 32.1. The second-order valence-electron chi connectivity index (χ2n) is 4.41. The number of nitrogens with two attached hydrogens (primary N) is 1. The first-order valence-electron chi connectivity index (χ1n) is 6.34. The van der Waals surface area contributed by atoms with Gasteiger partial charge in [-0.15, -0.1) is 11.3 Å². The minimum atomic E-state index is -1.07. The zero-order valence-corrected chi connectivity index (χ0v) is 12.0. The Kier molecular flexibility index (Phi) is 4.89. The van der Waals surface area contributed by atoms with Crippen LogP contribution in [0.1, 0.15) is 27.5 Å². The third-order valence-electron chi connectivity index (χ3n) is 2.88. The Morgan fingerprint density at radius 1 is 1.33 bits per heavy atom. The van der Waals surface area contributed by atoms with Crippen LogP contribution >= 0.6 is 11.3 Å². The fraction of sp³-hybridized carbons (Fsp3) is 0.214. The van der Waals surface area contributed by atoms with Gasteiger partial charge in [-0.2, -0.15) is 0 Å². The first-order chi connectivity index (χ1) is 10.1. The number of hydrogen-bond donors (Lipinski definition) is 3. The van der Waals surface area contributed by atoms with Gasteiger partial charge in [-0.3, -0.25) is 4.79 Å². The number of nitrogens with zero attached hydrogens (tertiary/aromatic N) is 1. The van der Waals surface area contributed by atoms with Crippen molar-refractivity contribution in [2.45, 2.75) is 19.4 Å². The number of nitrogens with one attached hydrogen (secondary N) is 1. The molecule has 1 heterocycles. The van der Waals surface area contributed by atoms with Gasteiger partial charge in [0, 0.05) is 17.5 Å². The molecule has 0 bridgehead atoms. The number of carboxylic acid groups (broad SMARTS) is 1. The average molecular weight is 305 g/mol. The highest BCUT2D eigenvalue weighted by Crippen LogP contribution is 2.13. The minimum absolute atomic E-state index is 0.00121. The van der Waals surface area contributed by atoms with Crippen molar-refractivity contribution in [1.29, 1.82) is 0 Å². The monoisotopic (exact) mass is 305 g/mol. The number of rotatable bonds is 6. The van der Waals surface area contributed by atoms with Crippen LogP contribution in [0.3, 0.4) is 0 Å². The normalized spacial score (nSPS) is 10.3. The molecule has 1 aromatic heterocycles. The molecule has 0 saturated heterocycles. The molecule has 0 saturated carbocycles. The number of carboxylic acids is 1. The Labute approximate surface area is 125 Å². The van der Waals surface area contributed by atoms with Gasteiger partial charge in [-0.25, -0.2) is 9.78 Å². The van der Waals surface area contributed by atoms with E-state index in [-0.39, 0.29) is 18.1 Å². The Balaban J connectivity index is 1.79. The number of anilines is 1. The lowest BCUT2D eigenvalue weighted by Crippen LogP contribution is -2.23. The molecule has 1 aromatic carbocycles. The van der Waals surface area contributed by atoms with Crippen LogP contribution in [0.2, 0.25) is 0 Å². The molecule has 0 fully saturated rings. The summed E-state index contributed by atoms with van der Waals surface area (Å²) in [6.45, 7) is 0.237. The Morgan fingerprint density at radius 3 is 2.76 bits per heavy atom. The smallest absolute Gasteiger partial charge is 0.355 e. The highest BCUT2D eigenvalue weighted by Gasteiger charge is 2.10. The number of carbonyl (C=O) groups is 2. The van der Waals surface area contributed by atoms with Gasteiger partial charge in [0.1, 0.15) is 5.01 Å². The maximum Gasteiger partial charge on any atom is 0.355 e. The van der Waals surface area contributed by atoms with Gasteiger partial charge in [-0.1, -0.05) is 18.2 Å². The van der Waals surface area contributed by atoms with E-state index in [1.165, 1.54) is 16.7 Å². The van der Waals surface area contributed by atoms with Crippen LogP contribution in [0.15, 0.2) is 29.6 Å². The van der Waals surface area contributed by atoms with Gasteiger partial charge in [-0.05, 0) is 18.1 Å². The van der Waals surface area contributed by atoms with Crippen LogP contribution in [0.25, 0.3) is 0 Å². The van der Waals surface area contributed by atoms with Gasteiger partial charge >= 0.3 is 5.97 Å². The molecule has 0 atom stereocenters. The van der Waals surface area contributed by atoms with E-state index in [1.54, 1.807) is 6.07 Å². The van der Waals surface area contributed by atoms with Crippen LogP contribution in [-0.4, -0.2) is 22.0 Å². The lowest BCUT2D eigenvalue weighted by Gasteiger charge is -2.05. The van der Waals surface area contributed by atoms with E-state index in [9.17, 15) is 9.59 Å². The molecule has 0 aliphatic carbocycles. The van der Waals surface area contributed by atoms with Crippen molar-refractivity contribution in [3.05, 3.63) is 45.9 Å². The Hall–Kier alpha value is -2.41. The number of amides is 1. The van der Waals surface area contributed by atoms with Crippen molar-refractivity contribution in [2.75, 3.05) is 5.73 Å². The Morgan fingerprint density at radius 2 is 2.10 bits per heavy atom. The van der Waals surface area contributed by atoms with E-state index in [1.807, 2.05) is 18.2 Å². The second kappa shape index (κ2) is 6.85. The molecular weight excluding hydrogens is 290 g/mol. The van der Waals surface area contributed by atoms with Crippen molar-refractivity contribution in [1.82, 2.24) is 10.3 Å². The quantitative estimate of drug-likeness (QED) is 0.704. The fourth-order valence-electron chi connectivity index (χ4n) is 1.76. The van der Waals surface area contributed by atoms with Crippen molar-refractivity contribution in [3.8, 4) is 0 Å². The van der Waals surface area contributed by atoms with Crippen molar-refractivity contribution < 1.29 is 14.7 Å². The number of benzene rings is 1. The topological polar surface area (TPSA) is 105 Å². The van der Waals surface area contributed by atoms with Crippen molar-refractivity contribution in [3.63, 3.8) is 0 Å². The van der Waals surface area contributed by atoms with E-state index in [4.69, 9.17) is 10.8 Å². The standard InChI is InChI=1S/C14H15N3O3S/c15-10-4-2-1-3-9(10)5-6-12(18)16-7-13-17-11(8-21-13)14(19)20/h1-4,8H,5-7,15H2,(H,16,18)(H,19,20). The van der Waals surface area contributed by atoms with Gasteiger partial charge in [0.25, 0.3) is 0 Å². The highest BCUT2D eigenvalue weighted by molar-refractivity contribution is 7.09. The molecule has 0 aliphatic rings. The molecule has 0 aliphatic heterocycles. The van der Waals surface area contributed by atoms with E-state index in [0.29, 0.717) is 23.5 Å². The number of aromatic nitrogens is 1. The zero-order valence-electron chi connectivity index (χ0n) is 11.2. The lowest BCUT2D eigenvalue weighted by atomic mass is 10.1. The predicted octanol–water partition coefficient (Wildman–Crippen LogP) is 1.67. The third-order valence-corrected chi connectivity index (χ3v) is 3.73. The summed E-state index contributed by atoms with van der Waals surface area (Å²) < 4.78 is 0. The summed E-state index contributed by atoms with van der Waals surface area (Å²) in [5.74, 6) is -1.19. The first kappa shape index (κ1) is 15.0. The number of aryl methyl sites for hydroxylation is 1. The molecule has 0 unspecified atom stereocenters. The summed E-state index contributed by atoms with van der Waals surface area (Å²) in [6, 6.07) is 7.42. The van der Waals surface area contributed by atoms with Gasteiger partial charge in [0.2, 0.25) is 5.91 Å². The SMILES string of the molecule is Nc1ccccc1CCC(=O)NCc1nc(C(=O)O)cs1. The number of carbonyl (C=O) groups excluding carboxylic acids is 1. The molecular formula is C14H15N3O3S. The van der Waals surface area contributed by atoms with Crippen LogP contribution < -0.4 is 11.1 Å². The molecule has 1 amide bonds. The van der Waals surface area contributed by atoms with E-state index in [2.05, 4.69) is 10.3 Å². The zero-order chi connectivity index (χ0) is 15.2. The summed E-state index contributed by atoms with van der Waals surface area (Å²) in [5, 5.41) is 13.5. The predicted molar refractivity (Wildman–Crippen MR) is 80.1 cm³/mol. The molecule has 4 N–H and O–H groups in total. The molecule has 0 radical (unpaired) electrons. The number of para-hydroxylation sites is 1. The summed E-state index contributed by atoms with van der Waals surface area (Å²) >= 11 is 1.21. The maximum absolute atomic E-state index is 11.8. The summed E-state index contributed by atoms with van der Waals surface area (Å²) in [5.41, 5.74) is 7.43. The van der Waals surface area contributed by atoms with Crippen LogP contribution in [0.4, 0.5) is 5.69 Å². The minimum Gasteiger partial charge on any atom is -0.476 e. The molecule has 110 valence electrons. The van der Waals surface area contributed by atoms with E-state index in [0.717, 1.165) is 5.56 Å². The average Bonchev–Trinajstić information content (AvgIpc) is 2.93. The van der Waals surface area contributed by atoms with Gasteiger partial charge in [0.15, 0.2) is 5.69 Å². The molecule has 0 spiro atoms. The first-order valence-corrected chi connectivity index (χ1v) is 7.22. The van der Waals surface area contributed by atoms with Crippen LogP contribution in [-0.2, 0) is 17.8 Å². The van der Waals surface area contributed by atoms with Crippen molar-refractivity contribution >= 4 is 28.9 Å². The maximum atomic E-state index is 11.8. The van der Waals surface area contributed by atoms with E-state index >= 15 is 0 Å². The summed E-state index contributed by atoms with van der Waals surface area (Å²) in [7, 11) is 0. The van der Waals surface area contributed by atoms with Crippen molar-refractivity contribution in [2.24, 2.45) is 0 Å². The number of nitrogen functional groups attached to an aromatic ring is 1. The second-order valence-corrected chi connectivity index (χ2v) is 5.35. The fourth-order valence-corrected chi connectivity index (χ4v) is 2.47. The largest absolute Gasteiger partial charge is 0.476 e. The number of hydrogen-bond acceptors (Lipinski definition) is 5. The van der Waals surface area contributed by atoms with Gasteiger partial charge in [0.05, 0.1) is 6.54 Å². The third kappa shape index (κ3) is 4.28. The van der Waals surface area contributed by atoms with E-state index < -0.39 is 5.97 Å².